The summed E-state index contributed by atoms with van der Waals surface area (Å²) in [5, 5.41) is 32.9. The molecule has 104 heavy (non-hydrogen) atoms. The molecule has 0 saturated carbocycles. The monoisotopic (exact) mass is 1420 g/mol. The van der Waals surface area contributed by atoms with Crippen molar-refractivity contribution < 1.29 is 4.74 Å². The fourth-order valence-corrected chi connectivity index (χ4v) is 10.6. The molecular weight excluding hydrogens is 1300 g/mol. The average molecular weight is 1420 g/mol. The zero-order valence-electron chi connectivity index (χ0n) is 65.3. The maximum Gasteiger partial charge on any atom is 0.142 e. The molecule has 0 radical (unpaired) electrons. The fraction of sp³-hybridized carbons (Fsp3) is 0.368. The largest absolute Gasteiger partial charge is 0.490 e. The summed E-state index contributed by atoms with van der Waals surface area (Å²) in [5.74, 6) is 7.36. The van der Waals surface area contributed by atoms with Gasteiger partial charge in [0, 0.05) is 95.3 Å². The van der Waals surface area contributed by atoms with E-state index in [-0.39, 0.29) is 0 Å². The summed E-state index contributed by atoms with van der Waals surface area (Å²) < 4.78 is 9.46. The van der Waals surface area contributed by atoms with Crippen molar-refractivity contribution in [1.82, 2.24) is 69.5 Å². The van der Waals surface area contributed by atoms with Gasteiger partial charge in [-0.15, -0.1) is 11.3 Å². The predicted octanol–water partition coefficient (Wildman–Crippen LogP) is 23.3. The van der Waals surface area contributed by atoms with Crippen molar-refractivity contribution >= 4 is 50.0 Å². The number of benzene rings is 4. The molecule has 550 valence electrons. The van der Waals surface area contributed by atoms with Crippen molar-refractivity contribution in [2.45, 2.75) is 198 Å². The highest BCUT2D eigenvalue weighted by atomic mass is 32.1. The number of ether oxygens (including phenoxy) is 1. The average Bonchev–Trinajstić information content (AvgIpc) is 1.15. The number of nitrogens with one attached hydrogen (secondary N) is 4. The lowest BCUT2D eigenvalue weighted by atomic mass is 10.0. The first kappa shape index (κ1) is 82.8. The molecule has 0 fully saturated rings. The number of rotatable bonds is 10. The Kier molecular flexibility index (Phi) is 34.8. The molecule has 0 unspecified atom stereocenters. The lowest BCUT2D eigenvalue weighted by Gasteiger charge is -2.20. The third-order valence-electron chi connectivity index (χ3n) is 16.5. The van der Waals surface area contributed by atoms with Gasteiger partial charge in [-0.1, -0.05) is 229 Å². The first-order valence-electron chi connectivity index (χ1n) is 36.7. The van der Waals surface area contributed by atoms with Crippen LogP contribution < -0.4 is 10.1 Å². The first-order valence-corrected chi connectivity index (χ1v) is 37.7. The number of aromatic amines is 3. The molecule has 0 spiro atoms. The quantitative estimate of drug-likeness (QED) is 0.102. The van der Waals surface area contributed by atoms with Crippen molar-refractivity contribution in [3.05, 3.63) is 281 Å². The molecule has 11 heterocycles. The Morgan fingerprint density at radius 3 is 1.58 bits per heavy atom. The minimum absolute atomic E-state index is 0.393. The maximum absolute atomic E-state index is 5.50. The van der Waals surface area contributed by atoms with Gasteiger partial charge in [0.2, 0.25) is 0 Å². The topological polar surface area (TPSA) is 193 Å². The zero-order chi connectivity index (χ0) is 75.5. The van der Waals surface area contributed by atoms with Crippen molar-refractivity contribution in [3.63, 3.8) is 0 Å². The van der Waals surface area contributed by atoms with Gasteiger partial charge < -0.3 is 14.5 Å². The van der Waals surface area contributed by atoms with Crippen LogP contribution in [0.25, 0.3) is 33.0 Å². The summed E-state index contributed by atoms with van der Waals surface area (Å²) in [4.78, 5) is 21.4. The highest BCUT2D eigenvalue weighted by Gasteiger charge is 2.12. The summed E-state index contributed by atoms with van der Waals surface area (Å²) in [7, 11) is 0. The van der Waals surface area contributed by atoms with Crippen LogP contribution in [0.5, 0.6) is 5.75 Å². The molecule has 4 aromatic carbocycles. The second kappa shape index (κ2) is 43.7. The number of aromatic nitrogens is 14. The molecule has 0 bridgehead atoms. The Morgan fingerprint density at radius 2 is 1.06 bits per heavy atom. The number of thiazole rings is 1. The number of anilines is 1. The fourth-order valence-electron chi connectivity index (χ4n) is 9.91. The molecule has 10 aromatic heterocycles. The van der Waals surface area contributed by atoms with Crippen LogP contribution in [-0.4, -0.2) is 82.7 Å². The molecule has 0 aliphatic carbocycles. The van der Waals surface area contributed by atoms with E-state index in [0.717, 1.165) is 63.9 Å². The number of pyridine rings is 3. The molecule has 15 rings (SSSR count). The van der Waals surface area contributed by atoms with Gasteiger partial charge in [0.15, 0.2) is 0 Å². The van der Waals surface area contributed by atoms with E-state index in [1.165, 1.54) is 50.4 Å². The molecule has 16 nitrogen and oxygen atoms in total. The first-order chi connectivity index (χ1) is 49.9. The van der Waals surface area contributed by atoms with Gasteiger partial charge in [0.05, 0.1) is 44.8 Å². The number of hydrogen-bond donors (Lipinski definition) is 4. The summed E-state index contributed by atoms with van der Waals surface area (Å²) in [6.07, 6.45) is 15.2. The van der Waals surface area contributed by atoms with Crippen LogP contribution in [0.3, 0.4) is 0 Å². The lowest BCUT2D eigenvalue weighted by molar-refractivity contribution is 0.323. The van der Waals surface area contributed by atoms with Crippen LogP contribution in [0.1, 0.15) is 254 Å². The van der Waals surface area contributed by atoms with Crippen LogP contribution in [0.4, 0.5) is 5.69 Å². The van der Waals surface area contributed by atoms with Crippen LogP contribution in [-0.2, 0) is 0 Å². The van der Waals surface area contributed by atoms with Crippen LogP contribution in [0.2, 0.25) is 0 Å². The van der Waals surface area contributed by atoms with Gasteiger partial charge in [0.25, 0.3) is 0 Å². The van der Waals surface area contributed by atoms with Crippen molar-refractivity contribution in [3.8, 4) is 5.75 Å². The van der Waals surface area contributed by atoms with Crippen molar-refractivity contribution in [2.24, 2.45) is 0 Å². The lowest BCUT2D eigenvalue weighted by Crippen LogP contribution is -2.18. The van der Waals surface area contributed by atoms with E-state index in [2.05, 4.69) is 287 Å². The predicted molar refractivity (Wildman–Crippen MR) is 437 cm³/mol. The van der Waals surface area contributed by atoms with Gasteiger partial charge in [-0.2, -0.15) is 20.4 Å². The SMILES string of the molecule is CC(C)c1[nH]nc2ccccc12.CC(C)c1cc2ccccn2n1.CC(C)c1ccc2c(c1)NCCO2.CC(C)c1ccccc1.CC(C)c1cccnc1.CC(C)c1ccn[nH]1.CC(C)c1ccn[nH]1.CC(C)c1cn2ccccc2n1.CC(C)c1cscn1.CC(C)c1ncc2ccccc2n1. The molecule has 0 atom stereocenters. The second-order valence-corrected chi connectivity index (χ2v) is 29.1. The van der Waals surface area contributed by atoms with Crippen LogP contribution in [0, 0.1) is 0 Å². The number of para-hydroxylation sites is 2. The number of nitrogens with zero attached hydrogens (tertiary/aromatic N) is 11. The summed E-state index contributed by atoms with van der Waals surface area (Å²) >= 11 is 1.66. The van der Waals surface area contributed by atoms with E-state index in [0.29, 0.717) is 59.2 Å². The highest BCUT2D eigenvalue weighted by molar-refractivity contribution is 7.07. The molecule has 1 aliphatic rings. The molecule has 14 aromatic rings. The number of fused-ring (bicyclic) bond motifs is 5. The maximum atomic E-state index is 5.50. The smallest absolute Gasteiger partial charge is 0.142 e. The minimum atomic E-state index is 0.393. The van der Waals surface area contributed by atoms with Gasteiger partial charge in [-0.25, -0.2) is 24.5 Å². The minimum Gasteiger partial charge on any atom is -0.490 e. The molecule has 0 amide bonds. The Hall–Kier alpha value is -10.1. The second-order valence-electron chi connectivity index (χ2n) is 28.4. The van der Waals surface area contributed by atoms with E-state index < -0.39 is 0 Å². The summed E-state index contributed by atoms with van der Waals surface area (Å²) in [6, 6.07) is 55.4. The Labute approximate surface area is 623 Å². The Morgan fingerprint density at radius 1 is 0.452 bits per heavy atom. The van der Waals surface area contributed by atoms with Gasteiger partial charge in [0.1, 0.15) is 23.8 Å². The standard InChI is InChI=1S/C11H12N2.C11H15NO.3C10H12N2.C9H12.C8H11N.2C6H10N2.C6H9NS/c1-8(2)11-12-7-9-5-3-4-6-10(9)13-11;1-8(2)9-3-4-11-10(7-9)12-5-6-13-11;1-8(2)9-7-12-6-4-3-5-10(12)11-9;1-8(2)10-7-9-5-3-4-6-12(9)11-10;1-7(2)10-8-5-3-4-6-9(8)11-12-10;1-8(2)9-6-4-3-5-7-9;1-7(2)8-4-3-5-9-6-8;2*1-5(2)6-3-4-7-8-6;1-5(2)6-3-8-4-7-6/h3-8H,1-2H3;3-4,7-8,12H,5-6H2,1-2H3;2*3-8H,1-2H3;3-7H,1-2H3,(H,11,12);3-8H,1-2H3;3-7H,1-2H3;2*3-5H,1-2H3,(H,7,8);3-5H,1-2H3. The molecule has 1 aliphatic heterocycles. The molecular formula is C87H115N15OS. The van der Waals surface area contributed by atoms with Crippen molar-refractivity contribution in [2.75, 3.05) is 18.5 Å². The van der Waals surface area contributed by atoms with Gasteiger partial charge >= 0.3 is 0 Å². The normalized spacial score (nSPS) is 11.2. The van der Waals surface area contributed by atoms with Crippen LogP contribution >= 0.6 is 11.3 Å². The third kappa shape index (κ3) is 27.9. The van der Waals surface area contributed by atoms with E-state index in [1.807, 2.05) is 132 Å². The van der Waals surface area contributed by atoms with E-state index in [1.54, 1.807) is 29.9 Å². The Bertz CT molecular complexity index is 4260. The zero-order valence-corrected chi connectivity index (χ0v) is 66.1. The molecule has 17 heteroatoms. The van der Waals surface area contributed by atoms with E-state index in [4.69, 9.17) is 4.74 Å². The summed E-state index contributed by atoms with van der Waals surface area (Å²) in [5.41, 5.74) is 18.5. The van der Waals surface area contributed by atoms with Gasteiger partial charge in [-0.05, 0) is 143 Å². The Balaban J connectivity index is 0.000000182. The van der Waals surface area contributed by atoms with Crippen LogP contribution in [0.15, 0.2) is 224 Å². The highest BCUT2D eigenvalue weighted by Crippen LogP contribution is 2.31. The molecule has 0 saturated heterocycles. The van der Waals surface area contributed by atoms with E-state index in [9.17, 15) is 0 Å². The molecule has 4 N–H and O–H groups in total. The number of imidazole rings is 1. The van der Waals surface area contributed by atoms with E-state index >= 15 is 0 Å². The number of hydrogen-bond acceptors (Lipinski definition) is 12. The third-order valence-corrected chi connectivity index (χ3v) is 17.1. The number of H-pyrrole nitrogens is 3. The van der Waals surface area contributed by atoms with Crippen molar-refractivity contribution in [1.29, 1.82) is 0 Å². The summed E-state index contributed by atoms with van der Waals surface area (Å²) in [6.45, 7) is 44.8. The van der Waals surface area contributed by atoms with Gasteiger partial charge in [-0.3, -0.25) is 20.3 Å².